The SMILES string of the molecule is O=C(Nc1cccc(CNC(=O)[C@@H]2CCCC[C@@H]2C(=O)N2CCc3ccccc32)c1)c1ccco1. The van der Waals surface area contributed by atoms with Crippen LogP contribution in [0, 0.1) is 11.8 Å². The topological polar surface area (TPSA) is 91.7 Å². The summed E-state index contributed by atoms with van der Waals surface area (Å²) in [6.45, 7) is 1.01. The third-order valence-electron chi connectivity index (χ3n) is 6.97. The summed E-state index contributed by atoms with van der Waals surface area (Å²) in [7, 11) is 0. The van der Waals surface area contributed by atoms with Gasteiger partial charge in [0, 0.05) is 30.4 Å². The van der Waals surface area contributed by atoms with Gasteiger partial charge in [-0.15, -0.1) is 0 Å². The summed E-state index contributed by atoms with van der Waals surface area (Å²) >= 11 is 0. The Kier molecular flexibility index (Phi) is 6.66. The van der Waals surface area contributed by atoms with Crippen LogP contribution in [0.15, 0.2) is 71.3 Å². The number of carbonyl (C=O) groups is 3. The number of nitrogens with one attached hydrogen (secondary N) is 2. The van der Waals surface area contributed by atoms with E-state index in [0.29, 0.717) is 18.8 Å². The van der Waals surface area contributed by atoms with E-state index in [1.54, 1.807) is 18.2 Å². The van der Waals surface area contributed by atoms with Gasteiger partial charge in [-0.2, -0.15) is 0 Å². The van der Waals surface area contributed by atoms with Crippen LogP contribution in [-0.4, -0.2) is 24.3 Å². The summed E-state index contributed by atoms with van der Waals surface area (Å²) < 4.78 is 5.13. The molecule has 0 radical (unpaired) electrons. The fraction of sp³-hybridized carbons (Fsp3) is 0.321. The molecule has 5 rings (SSSR count). The maximum atomic E-state index is 13.5. The first-order chi connectivity index (χ1) is 17.1. The van der Waals surface area contributed by atoms with Crippen LogP contribution in [0.4, 0.5) is 11.4 Å². The van der Waals surface area contributed by atoms with E-state index in [1.807, 2.05) is 41.3 Å². The van der Waals surface area contributed by atoms with Gasteiger partial charge in [0.1, 0.15) is 0 Å². The molecule has 3 amide bonds. The zero-order valence-electron chi connectivity index (χ0n) is 19.5. The Morgan fingerprint density at radius 1 is 0.943 bits per heavy atom. The zero-order chi connectivity index (χ0) is 24.2. The molecule has 2 N–H and O–H groups in total. The van der Waals surface area contributed by atoms with E-state index in [1.165, 1.54) is 11.8 Å². The van der Waals surface area contributed by atoms with Gasteiger partial charge >= 0.3 is 0 Å². The molecule has 7 heteroatoms. The molecule has 180 valence electrons. The van der Waals surface area contributed by atoms with Crippen molar-refractivity contribution in [1.29, 1.82) is 0 Å². The van der Waals surface area contributed by atoms with Gasteiger partial charge < -0.3 is 20.0 Å². The second-order valence-corrected chi connectivity index (χ2v) is 9.22. The highest BCUT2D eigenvalue weighted by atomic mass is 16.3. The first-order valence-electron chi connectivity index (χ1n) is 12.2. The minimum atomic E-state index is -0.330. The largest absolute Gasteiger partial charge is 0.459 e. The second kappa shape index (κ2) is 10.2. The molecular weight excluding hydrogens is 442 g/mol. The lowest BCUT2D eigenvalue weighted by Gasteiger charge is -2.32. The van der Waals surface area contributed by atoms with Gasteiger partial charge in [0.15, 0.2) is 5.76 Å². The summed E-state index contributed by atoms with van der Waals surface area (Å²) in [6, 6.07) is 18.6. The highest BCUT2D eigenvalue weighted by molar-refractivity contribution is 6.02. The molecule has 1 fully saturated rings. The molecule has 0 saturated heterocycles. The Morgan fingerprint density at radius 2 is 1.77 bits per heavy atom. The van der Waals surface area contributed by atoms with Crippen LogP contribution in [0.2, 0.25) is 0 Å². The minimum absolute atomic E-state index is 0.0671. The average molecular weight is 472 g/mol. The van der Waals surface area contributed by atoms with Crippen molar-refractivity contribution >= 4 is 29.1 Å². The molecule has 0 bridgehead atoms. The van der Waals surface area contributed by atoms with E-state index >= 15 is 0 Å². The Morgan fingerprint density at radius 3 is 2.60 bits per heavy atom. The second-order valence-electron chi connectivity index (χ2n) is 9.22. The van der Waals surface area contributed by atoms with Crippen LogP contribution in [0.3, 0.4) is 0 Å². The van der Waals surface area contributed by atoms with Crippen molar-refractivity contribution in [2.75, 3.05) is 16.8 Å². The van der Waals surface area contributed by atoms with E-state index in [0.717, 1.165) is 43.4 Å². The van der Waals surface area contributed by atoms with Crippen molar-refractivity contribution in [2.45, 2.75) is 38.6 Å². The van der Waals surface area contributed by atoms with E-state index in [2.05, 4.69) is 16.7 Å². The molecule has 35 heavy (non-hydrogen) atoms. The molecule has 1 saturated carbocycles. The monoisotopic (exact) mass is 471 g/mol. The van der Waals surface area contributed by atoms with Crippen LogP contribution in [0.25, 0.3) is 0 Å². The number of benzene rings is 2. The highest BCUT2D eigenvalue weighted by Crippen LogP contribution is 2.36. The predicted octanol–water partition coefficient (Wildman–Crippen LogP) is 4.54. The summed E-state index contributed by atoms with van der Waals surface area (Å²) in [4.78, 5) is 40.8. The summed E-state index contributed by atoms with van der Waals surface area (Å²) in [5.74, 6) is -0.738. The van der Waals surface area contributed by atoms with Crippen LogP contribution >= 0.6 is 0 Å². The number of carbonyl (C=O) groups excluding carboxylic acids is 3. The van der Waals surface area contributed by atoms with Gasteiger partial charge in [-0.1, -0.05) is 43.2 Å². The fourth-order valence-corrected chi connectivity index (χ4v) is 5.19. The van der Waals surface area contributed by atoms with E-state index in [-0.39, 0.29) is 35.3 Å². The summed E-state index contributed by atoms with van der Waals surface area (Å²) in [5, 5.41) is 5.83. The lowest BCUT2D eigenvalue weighted by Crippen LogP contribution is -2.45. The normalized spacial score (nSPS) is 19.1. The van der Waals surface area contributed by atoms with E-state index in [4.69, 9.17) is 4.42 Å². The first-order valence-corrected chi connectivity index (χ1v) is 12.2. The van der Waals surface area contributed by atoms with Crippen molar-refractivity contribution in [3.05, 3.63) is 83.8 Å². The average Bonchev–Trinajstić information content (AvgIpc) is 3.58. The Balaban J connectivity index is 1.22. The highest BCUT2D eigenvalue weighted by Gasteiger charge is 2.39. The lowest BCUT2D eigenvalue weighted by molar-refractivity contribution is -0.135. The molecule has 3 aromatic rings. The molecule has 1 aliphatic carbocycles. The smallest absolute Gasteiger partial charge is 0.291 e. The third-order valence-corrected chi connectivity index (χ3v) is 6.97. The molecular formula is C28H29N3O4. The van der Waals surface area contributed by atoms with Crippen LogP contribution < -0.4 is 15.5 Å². The fourth-order valence-electron chi connectivity index (χ4n) is 5.19. The minimum Gasteiger partial charge on any atom is -0.459 e. The lowest BCUT2D eigenvalue weighted by atomic mass is 9.77. The molecule has 2 atom stereocenters. The van der Waals surface area contributed by atoms with Crippen molar-refractivity contribution < 1.29 is 18.8 Å². The number of nitrogens with zero attached hydrogens (tertiary/aromatic N) is 1. The Bertz CT molecular complexity index is 1220. The number of anilines is 2. The van der Waals surface area contributed by atoms with Crippen molar-refractivity contribution in [1.82, 2.24) is 5.32 Å². The molecule has 2 aromatic carbocycles. The van der Waals surface area contributed by atoms with Crippen LogP contribution in [0.1, 0.15) is 47.4 Å². The molecule has 2 aliphatic rings. The molecule has 1 aliphatic heterocycles. The summed E-state index contributed by atoms with van der Waals surface area (Å²) in [6.07, 6.45) is 5.69. The number of amides is 3. The Hall–Kier alpha value is -3.87. The van der Waals surface area contributed by atoms with Crippen molar-refractivity contribution in [3.63, 3.8) is 0 Å². The molecule has 2 heterocycles. The van der Waals surface area contributed by atoms with E-state index < -0.39 is 0 Å². The maximum absolute atomic E-state index is 13.5. The standard InChI is InChI=1S/C28H29N3O4/c32-26(29-18-19-7-5-9-21(17-19)30-27(33)25-13-6-16-35-25)22-10-2-3-11-23(22)28(34)31-15-14-20-8-1-4-12-24(20)31/h1,4-9,12-13,16-17,22-23H,2-3,10-11,14-15,18H2,(H,29,32)(H,30,33)/t22-,23+/m1/s1. The number of para-hydroxylation sites is 1. The first kappa shape index (κ1) is 22.9. The zero-order valence-corrected chi connectivity index (χ0v) is 19.5. The maximum Gasteiger partial charge on any atom is 0.291 e. The number of rotatable bonds is 6. The van der Waals surface area contributed by atoms with Crippen molar-refractivity contribution in [2.24, 2.45) is 11.8 Å². The van der Waals surface area contributed by atoms with Gasteiger partial charge in [0.05, 0.1) is 12.2 Å². The molecule has 1 aromatic heterocycles. The van der Waals surface area contributed by atoms with Gasteiger partial charge in [-0.05, 0) is 60.7 Å². The third kappa shape index (κ3) is 4.99. The van der Waals surface area contributed by atoms with Gasteiger partial charge in [-0.3, -0.25) is 14.4 Å². The van der Waals surface area contributed by atoms with Crippen LogP contribution in [-0.2, 0) is 22.6 Å². The molecule has 0 unspecified atom stereocenters. The number of hydrogen-bond acceptors (Lipinski definition) is 4. The van der Waals surface area contributed by atoms with Gasteiger partial charge in [0.25, 0.3) is 5.91 Å². The summed E-state index contributed by atoms with van der Waals surface area (Å²) in [5.41, 5.74) is 3.66. The van der Waals surface area contributed by atoms with Gasteiger partial charge in [-0.25, -0.2) is 0 Å². The number of fused-ring (bicyclic) bond motifs is 1. The van der Waals surface area contributed by atoms with E-state index in [9.17, 15) is 14.4 Å². The quantitative estimate of drug-likeness (QED) is 0.552. The Labute approximate surface area is 204 Å². The van der Waals surface area contributed by atoms with Gasteiger partial charge in [0.2, 0.25) is 11.8 Å². The number of furan rings is 1. The number of hydrogen-bond donors (Lipinski definition) is 2. The molecule has 0 spiro atoms. The predicted molar refractivity (Wildman–Crippen MR) is 133 cm³/mol. The van der Waals surface area contributed by atoms with Crippen LogP contribution in [0.5, 0.6) is 0 Å². The van der Waals surface area contributed by atoms with Crippen molar-refractivity contribution in [3.8, 4) is 0 Å². The molecule has 7 nitrogen and oxygen atoms in total.